The van der Waals surface area contributed by atoms with E-state index in [1.54, 1.807) is 17.4 Å². The van der Waals surface area contributed by atoms with Crippen molar-refractivity contribution >= 4 is 68.8 Å². The van der Waals surface area contributed by atoms with E-state index >= 15 is 0 Å². The monoisotopic (exact) mass is 630 g/mol. The van der Waals surface area contributed by atoms with Crippen LogP contribution in [0.25, 0.3) is 0 Å². The van der Waals surface area contributed by atoms with Gasteiger partial charge in [-0.2, -0.15) is 0 Å². The van der Waals surface area contributed by atoms with Crippen LogP contribution < -0.4 is 15.4 Å². The Morgan fingerprint density at radius 3 is 2.62 bits per heavy atom. The minimum Gasteiger partial charge on any atom is -0.485 e. The van der Waals surface area contributed by atoms with E-state index in [0.717, 1.165) is 41.4 Å². The lowest BCUT2D eigenvalue weighted by molar-refractivity contribution is -0.136. The smallest absolute Gasteiger partial charge is 0.227 e. The molecule has 6 nitrogen and oxygen atoms in total. The van der Waals surface area contributed by atoms with Crippen LogP contribution in [0.5, 0.6) is 5.75 Å². The Balaban J connectivity index is 1.22. The first-order chi connectivity index (χ1) is 18.7. The summed E-state index contributed by atoms with van der Waals surface area (Å²) in [5.41, 5.74) is 6.93. The van der Waals surface area contributed by atoms with Gasteiger partial charge in [0.05, 0.1) is 32.6 Å². The molecule has 1 saturated heterocycles. The minimum atomic E-state index is -0.511. The lowest BCUT2D eigenvalue weighted by atomic mass is 10.0. The Kier molecular flexibility index (Phi) is 9.11. The van der Waals surface area contributed by atoms with E-state index in [1.807, 2.05) is 23.2 Å². The van der Waals surface area contributed by atoms with Crippen LogP contribution in [0.2, 0.25) is 20.1 Å². The van der Waals surface area contributed by atoms with Crippen molar-refractivity contribution in [1.82, 2.24) is 9.88 Å². The van der Waals surface area contributed by atoms with Gasteiger partial charge in [0.25, 0.3) is 0 Å². The van der Waals surface area contributed by atoms with Crippen molar-refractivity contribution in [3.05, 3.63) is 72.9 Å². The van der Waals surface area contributed by atoms with Gasteiger partial charge in [-0.3, -0.25) is 4.79 Å². The third-order valence-corrected chi connectivity index (χ3v) is 9.43. The summed E-state index contributed by atoms with van der Waals surface area (Å²) in [4.78, 5) is 23.2. The molecule has 1 saturated carbocycles. The maximum Gasteiger partial charge on any atom is 0.227 e. The van der Waals surface area contributed by atoms with E-state index in [1.165, 1.54) is 12.1 Å². The summed E-state index contributed by atoms with van der Waals surface area (Å²) in [7, 11) is 0. The summed E-state index contributed by atoms with van der Waals surface area (Å²) in [6.07, 6.45) is 4.84. The van der Waals surface area contributed by atoms with Gasteiger partial charge in [-0.15, -0.1) is 11.3 Å². The minimum absolute atomic E-state index is 0.0219. The molecule has 39 heavy (non-hydrogen) atoms. The third-order valence-electron chi connectivity index (χ3n) is 6.93. The second-order valence-electron chi connectivity index (χ2n) is 9.83. The van der Waals surface area contributed by atoms with Crippen molar-refractivity contribution in [2.75, 3.05) is 24.5 Å². The van der Waals surface area contributed by atoms with Crippen molar-refractivity contribution in [3.63, 3.8) is 0 Å². The summed E-state index contributed by atoms with van der Waals surface area (Å²) in [6.45, 7) is 1.97. The number of carbonyl (C=O) groups is 1. The number of thiazole rings is 1. The van der Waals surface area contributed by atoms with Crippen molar-refractivity contribution in [1.29, 1.82) is 0 Å². The molecule has 0 bridgehead atoms. The SMILES string of the molecule is NC[C@@H](Cc1cnc(N2CC[C@@H](Oc3c(Cl)cc(F)cc3Cl)C2)s1)C(=O)N(Cc1cccc(Cl)c1Cl)C1CC1. The van der Waals surface area contributed by atoms with Crippen LogP contribution in [0.4, 0.5) is 9.52 Å². The molecule has 2 heterocycles. The topological polar surface area (TPSA) is 71.7 Å². The summed E-state index contributed by atoms with van der Waals surface area (Å²) in [6, 6.07) is 8.05. The van der Waals surface area contributed by atoms with Crippen LogP contribution in [0.3, 0.4) is 0 Å². The highest BCUT2D eigenvalue weighted by Gasteiger charge is 2.36. The number of anilines is 1. The van der Waals surface area contributed by atoms with Gasteiger partial charge in [-0.25, -0.2) is 9.37 Å². The van der Waals surface area contributed by atoms with E-state index in [0.29, 0.717) is 29.6 Å². The zero-order chi connectivity index (χ0) is 27.7. The second kappa shape index (κ2) is 12.4. The fourth-order valence-corrected chi connectivity index (χ4v) is 6.67. The summed E-state index contributed by atoms with van der Waals surface area (Å²) in [5.74, 6) is -0.568. The fraction of sp³-hybridized carbons (Fsp3) is 0.407. The van der Waals surface area contributed by atoms with Crippen LogP contribution in [0, 0.1) is 11.7 Å². The lowest BCUT2D eigenvalue weighted by Gasteiger charge is -2.27. The molecule has 0 spiro atoms. The summed E-state index contributed by atoms with van der Waals surface area (Å²) in [5, 5.41) is 2.09. The van der Waals surface area contributed by atoms with E-state index in [9.17, 15) is 9.18 Å². The number of hydrogen-bond donors (Lipinski definition) is 1. The molecule has 0 radical (unpaired) electrons. The second-order valence-corrected chi connectivity index (χ2v) is 12.5. The number of ether oxygens (including phenoxy) is 1. The van der Waals surface area contributed by atoms with Crippen molar-refractivity contribution in [3.8, 4) is 5.75 Å². The fourth-order valence-electron chi connectivity index (χ4n) is 4.72. The standard InChI is InChI=1S/C27H27Cl4FN4O2S/c28-21-3-1-2-15(24(21)31)13-36(18-4-5-18)26(37)16(11-33)8-20-12-34-27(39-20)35-7-6-19(14-35)38-25-22(29)9-17(32)10-23(25)30/h1-3,9-10,12,16,18-19H,4-8,11,13-14,33H2/t16-,19-/m1/s1. The summed E-state index contributed by atoms with van der Waals surface area (Å²) < 4.78 is 19.5. The van der Waals surface area contributed by atoms with Crippen LogP contribution in [-0.2, 0) is 17.8 Å². The van der Waals surface area contributed by atoms with Gasteiger partial charge >= 0.3 is 0 Å². The normalized spacial score (nSPS) is 17.9. The average Bonchev–Trinajstić information content (AvgIpc) is 3.44. The molecule has 3 aromatic rings. The number of hydrogen-bond acceptors (Lipinski definition) is 6. The van der Waals surface area contributed by atoms with Gasteiger partial charge in [0.2, 0.25) is 5.91 Å². The van der Waals surface area contributed by atoms with Crippen LogP contribution in [-0.4, -0.2) is 47.6 Å². The third kappa shape index (κ3) is 6.75. The molecule has 0 unspecified atom stereocenters. The molecule has 2 N–H and O–H groups in total. The molecule has 12 heteroatoms. The van der Waals surface area contributed by atoms with Crippen LogP contribution in [0.1, 0.15) is 29.7 Å². The molecule has 5 rings (SSSR count). The van der Waals surface area contributed by atoms with Gasteiger partial charge in [0.15, 0.2) is 10.9 Å². The number of aromatic nitrogens is 1. The maximum atomic E-state index is 13.6. The predicted octanol–water partition coefficient (Wildman–Crippen LogP) is 6.86. The Morgan fingerprint density at radius 2 is 1.92 bits per heavy atom. The number of nitrogens with two attached hydrogens (primary N) is 1. The van der Waals surface area contributed by atoms with Gasteiger partial charge < -0.3 is 20.3 Å². The molecular formula is C27H27Cl4FN4O2S. The van der Waals surface area contributed by atoms with Crippen molar-refractivity contribution < 1.29 is 13.9 Å². The molecule has 2 atom stereocenters. The molecule has 208 valence electrons. The molecule has 2 fully saturated rings. The van der Waals surface area contributed by atoms with Crippen LogP contribution >= 0.6 is 57.7 Å². The number of rotatable bonds is 10. The highest BCUT2D eigenvalue weighted by atomic mass is 35.5. The van der Waals surface area contributed by atoms with E-state index in [-0.39, 0.29) is 46.3 Å². The largest absolute Gasteiger partial charge is 0.485 e. The number of benzene rings is 2. The average molecular weight is 632 g/mol. The molecule has 2 aliphatic rings. The summed E-state index contributed by atoms with van der Waals surface area (Å²) >= 11 is 26.4. The van der Waals surface area contributed by atoms with Gasteiger partial charge in [-0.1, -0.05) is 58.5 Å². The predicted molar refractivity (Wildman–Crippen MR) is 156 cm³/mol. The van der Waals surface area contributed by atoms with Crippen LogP contribution in [0.15, 0.2) is 36.5 Å². The Morgan fingerprint density at radius 1 is 1.18 bits per heavy atom. The highest BCUT2D eigenvalue weighted by molar-refractivity contribution is 7.15. The Labute approximate surface area is 250 Å². The first-order valence-electron chi connectivity index (χ1n) is 12.7. The van der Waals surface area contributed by atoms with Gasteiger partial charge in [-0.05, 0) is 43.0 Å². The maximum absolute atomic E-state index is 13.6. The zero-order valence-corrected chi connectivity index (χ0v) is 24.7. The molecule has 2 aromatic carbocycles. The number of amides is 1. The molecular weight excluding hydrogens is 605 g/mol. The number of halogens is 5. The Bertz CT molecular complexity index is 1330. The van der Waals surface area contributed by atoms with Crippen molar-refractivity contribution in [2.24, 2.45) is 11.7 Å². The van der Waals surface area contributed by atoms with Gasteiger partial charge in [0, 0.05) is 43.2 Å². The molecule has 1 aliphatic heterocycles. The highest BCUT2D eigenvalue weighted by Crippen LogP contribution is 2.37. The molecule has 1 aromatic heterocycles. The first-order valence-corrected chi connectivity index (χ1v) is 15.0. The quantitative estimate of drug-likeness (QED) is 0.265. The molecule has 1 aliphatic carbocycles. The Hall–Kier alpha value is -1.81. The lowest BCUT2D eigenvalue weighted by Crippen LogP contribution is -2.41. The van der Waals surface area contributed by atoms with Gasteiger partial charge in [0.1, 0.15) is 11.9 Å². The van der Waals surface area contributed by atoms with E-state index < -0.39 is 5.82 Å². The number of nitrogens with zero attached hydrogens (tertiary/aromatic N) is 3. The number of carbonyl (C=O) groups excluding carboxylic acids is 1. The van der Waals surface area contributed by atoms with Crippen molar-refractivity contribution in [2.45, 2.75) is 44.4 Å². The molecule has 1 amide bonds. The first kappa shape index (κ1) is 28.7. The zero-order valence-electron chi connectivity index (χ0n) is 20.9. The van der Waals surface area contributed by atoms with E-state index in [4.69, 9.17) is 56.9 Å². The van der Waals surface area contributed by atoms with E-state index in [2.05, 4.69) is 9.88 Å².